The molecule has 0 aromatic carbocycles. The molecule has 0 aliphatic heterocycles. The van der Waals surface area contributed by atoms with Crippen LogP contribution in [0.5, 0.6) is 0 Å². The normalized spacial score (nSPS) is 16.1. The first-order valence-electron chi connectivity index (χ1n) is 6.12. The molecule has 90 valence electrons. The fraction of sp³-hybridized carbons (Fsp3) is 0.846. The lowest BCUT2D eigenvalue weighted by Gasteiger charge is -2.37. The van der Waals surface area contributed by atoms with Gasteiger partial charge in [-0.1, -0.05) is 33.8 Å². The van der Waals surface area contributed by atoms with E-state index in [4.69, 9.17) is 4.43 Å². The summed E-state index contributed by atoms with van der Waals surface area (Å²) in [5.74, 6) is 0.720. The van der Waals surface area contributed by atoms with E-state index in [-0.39, 0.29) is 0 Å². The second-order valence-corrected chi connectivity index (χ2v) is 9.81. The highest BCUT2D eigenvalue weighted by Gasteiger charge is 2.38. The summed E-state index contributed by atoms with van der Waals surface area (Å²) >= 11 is 0. The zero-order chi connectivity index (χ0) is 12.1. The maximum Gasteiger partial charge on any atom is 0.199 e. The third kappa shape index (κ3) is 4.98. The maximum atomic E-state index is 6.32. The molecule has 0 radical (unpaired) electrons. The predicted octanol–water partition coefficient (Wildman–Crippen LogP) is 4.61. The Morgan fingerprint density at radius 2 is 1.67 bits per heavy atom. The molecule has 2 heteroatoms. The van der Waals surface area contributed by atoms with E-state index in [9.17, 15) is 0 Å². The van der Waals surface area contributed by atoms with Crippen LogP contribution in [-0.4, -0.2) is 14.4 Å². The zero-order valence-electron chi connectivity index (χ0n) is 11.3. The van der Waals surface area contributed by atoms with Gasteiger partial charge in [0.05, 0.1) is 0 Å². The van der Waals surface area contributed by atoms with E-state index in [1.54, 1.807) is 0 Å². The van der Waals surface area contributed by atoms with Gasteiger partial charge in [-0.3, -0.25) is 0 Å². The molecule has 0 bridgehead atoms. The van der Waals surface area contributed by atoms with Crippen LogP contribution in [0.3, 0.4) is 0 Å². The molecule has 0 fully saturated rings. The molecule has 0 aromatic rings. The van der Waals surface area contributed by atoms with E-state index in [0.717, 1.165) is 12.0 Å². The van der Waals surface area contributed by atoms with Gasteiger partial charge in [-0.25, -0.2) is 0 Å². The predicted molar refractivity (Wildman–Crippen MR) is 71.7 cm³/mol. The Kier molecular flexibility index (Phi) is 6.45. The van der Waals surface area contributed by atoms with Crippen molar-refractivity contribution in [1.29, 1.82) is 0 Å². The smallest absolute Gasteiger partial charge is 0.199 e. The summed E-state index contributed by atoms with van der Waals surface area (Å²) in [6, 6.07) is 2.33. The van der Waals surface area contributed by atoms with Crippen molar-refractivity contribution in [1.82, 2.24) is 0 Å². The first kappa shape index (κ1) is 14.9. The van der Waals surface area contributed by atoms with Gasteiger partial charge in [0.2, 0.25) is 0 Å². The minimum absolute atomic E-state index is 0.345. The summed E-state index contributed by atoms with van der Waals surface area (Å²) in [5, 5.41) is 0. The van der Waals surface area contributed by atoms with Gasteiger partial charge >= 0.3 is 0 Å². The monoisotopic (exact) mass is 228 g/mol. The number of hydrogen-bond donors (Lipinski definition) is 0. The molecule has 0 aliphatic carbocycles. The lowest BCUT2D eigenvalue weighted by atomic mass is 10.3. The Balaban J connectivity index is 4.79. The van der Waals surface area contributed by atoms with E-state index in [1.165, 1.54) is 6.04 Å². The molecular weight excluding hydrogens is 200 g/mol. The zero-order valence-corrected chi connectivity index (χ0v) is 12.3. The lowest BCUT2D eigenvalue weighted by Crippen LogP contribution is -2.44. The Morgan fingerprint density at radius 1 is 1.13 bits per heavy atom. The third-order valence-corrected chi connectivity index (χ3v) is 8.30. The molecule has 0 heterocycles. The van der Waals surface area contributed by atoms with Crippen LogP contribution in [0.25, 0.3) is 0 Å². The first-order valence-corrected chi connectivity index (χ1v) is 8.52. The summed E-state index contributed by atoms with van der Waals surface area (Å²) in [4.78, 5) is 0. The molecule has 0 spiro atoms. The van der Waals surface area contributed by atoms with Gasteiger partial charge < -0.3 is 4.43 Å². The van der Waals surface area contributed by atoms with E-state index in [1.807, 2.05) is 0 Å². The Morgan fingerprint density at radius 3 is 1.93 bits per heavy atom. The van der Waals surface area contributed by atoms with Crippen molar-refractivity contribution in [3.05, 3.63) is 12.7 Å². The van der Waals surface area contributed by atoms with Gasteiger partial charge in [0.15, 0.2) is 8.32 Å². The number of rotatable bonds is 7. The van der Waals surface area contributed by atoms with Crippen LogP contribution < -0.4 is 0 Å². The molecule has 0 amide bonds. The first-order chi connectivity index (χ1) is 6.84. The van der Waals surface area contributed by atoms with Gasteiger partial charge in [0, 0.05) is 6.10 Å². The summed E-state index contributed by atoms with van der Waals surface area (Å²) in [6.45, 7) is 17.4. The number of allylic oxidation sites excluding steroid dienone is 1. The SMILES string of the molecule is C=CC[Si](CC(C)C)(OC(C)C)C(C)C. The average molecular weight is 228 g/mol. The maximum absolute atomic E-state index is 6.32. The average Bonchev–Trinajstić information content (AvgIpc) is 2.01. The van der Waals surface area contributed by atoms with E-state index in [2.05, 4.69) is 54.2 Å². The van der Waals surface area contributed by atoms with Crippen molar-refractivity contribution in [2.45, 2.75) is 65.3 Å². The molecule has 0 aliphatic rings. The van der Waals surface area contributed by atoms with Crippen LogP contribution in [0, 0.1) is 5.92 Å². The van der Waals surface area contributed by atoms with Crippen molar-refractivity contribution in [3.63, 3.8) is 0 Å². The van der Waals surface area contributed by atoms with Crippen LogP contribution in [0.4, 0.5) is 0 Å². The second kappa shape index (κ2) is 6.49. The van der Waals surface area contributed by atoms with Crippen LogP contribution in [-0.2, 0) is 4.43 Å². The minimum Gasteiger partial charge on any atom is -0.414 e. The van der Waals surface area contributed by atoms with Crippen LogP contribution in [0.1, 0.15) is 41.5 Å². The Hall–Kier alpha value is -0.0831. The fourth-order valence-electron chi connectivity index (χ4n) is 2.19. The van der Waals surface area contributed by atoms with Crippen molar-refractivity contribution < 1.29 is 4.43 Å². The van der Waals surface area contributed by atoms with Gasteiger partial charge in [-0.05, 0) is 37.4 Å². The van der Waals surface area contributed by atoms with Gasteiger partial charge in [0.25, 0.3) is 0 Å². The molecule has 15 heavy (non-hydrogen) atoms. The minimum atomic E-state index is -1.62. The third-order valence-electron chi connectivity index (χ3n) is 2.77. The van der Waals surface area contributed by atoms with Crippen LogP contribution in [0.15, 0.2) is 12.7 Å². The van der Waals surface area contributed by atoms with Gasteiger partial charge in [-0.2, -0.15) is 0 Å². The van der Waals surface area contributed by atoms with Crippen molar-refractivity contribution in [3.8, 4) is 0 Å². The van der Waals surface area contributed by atoms with Crippen molar-refractivity contribution in [2.75, 3.05) is 0 Å². The van der Waals surface area contributed by atoms with Crippen LogP contribution >= 0.6 is 0 Å². The quantitative estimate of drug-likeness (QED) is 0.457. The second-order valence-electron chi connectivity index (χ2n) is 5.48. The van der Waals surface area contributed by atoms with E-state index >= 15 is 0 Å². The molecule has 0 rings (SSSR count). The summed E-state index contributed by atoms with van der Waals surface area (Å²) in [7, 11) is -1.62. The molecule has 0 saturated carbocycles. The highest BCUT2D eigenvalue weighted by Crippen LogP contribution is 2.34. The largest absolute Gasteiger partial charge is 0.414 e. The Bertz CT molecular complexity index is 175. The number of hydrogen-bond acceptors (Lipinski definition) is 1. The van der Waals surface area contributed by atoms with Crippen molar-refractivity contribution in [2.24, 2.45) is 5.92 Å². The van der Waals surface area contributed by atoms with Crippen molar-refractivity contribution >= 4 is 8.32 Å². The highest BCUT2D eigenvalue weighted by atomic mass is 28.4. The molecular formula is C13H28OSi. The summed E-state index contributed by atoms with van der Waals surface area (Å²) < 4.78 is 6.32. The van der Waals surface area contributed by atoms with Crippen LogP contribution in [0.2, 0.25) is 17.6 Å². The standard InChI is InChI=1S/C13H28OSi/c1-8-9-15(13(6)7,10-11(2)3)14-12(4)5/h8,11-13H,1,9-10H2,2-7H3. The lowest BCUT2D eigenvalue weighted by molar-refractivity contribution is 0.218. The molecule has 0 aromatic heterocycles. The molecule has 1 unspecified atom stereocenters. The van der Waals surface area contributed by atoms with Gasteiger partial charge in [-0.15, -0.1) is 6.58 Å². The summed E-state index contributed by atoms with van der Waals surface area (Å²) in [6.07, 6.45) is 2.40. The summed E-state index contributed by atoms with van der Waals surface area (Å²) in [5.41, 5.74) is 0.667. The van der Waals surface area contributed by atoms with E-state index in [0.29, 0.717) is 11.6 Å². The molecule has 0 saturated heterocycles. The van der Waals surface area contributed by atoms with E-state index < -0.39 is 8.32 Å². The fourth-order valence-corrected chi connectivity index (χ4v) is 6.58. The molecule has 0 N–H and O–H groups in total. The highest BCUT2D eigenvalue weighted by molar-refractivity contribution is 6.75. The molecule has 1 atom stereocenters. The van der Waals surface area contributed by atoms with Gasteiger partial charge in [0.1, 0.15) is 0 Å². The molecule has 1 nitrogen and oxygen atoms in total. The topological polar surface area (TPSA) is 9.23 Å². The Labute approximate surface area is 97.0 Å².